The second-order valence-corrected chi connectivity index (χ2v) is 8.27. The Morgan fingerprint density at radius 1 is 0.889 bits per heavy atom. The summed E-state index contributed by atoms with van der Waals surface area (Å²) in [5.41, 5.74) is 3.68. The Morgan fingerprint density at radius 3 is 2.26 bits per heavy atom. The summed E-state index contributed by atoms with van der Waals surface area (Å²) in [6.07, 6.45) is 0. The molecule has 27 heavy (non-hydrogen) atoms. The minimum absolute atomic E-state index is 0.215. The molecule has 4 rings (SSSR count). The largest absolute Gasteiger partial charge is 0.325 e. The lowest BCUT2D eigenvalue weighted by atomic mass is 10.0. The number of hydrogen-bond donors (Lipinski definition) is 1. The average molecular weight is 378 g/mol. The van der Waals surface area contributed by atoms with Gasteiger partial charge >= 0.3 is 0 Å². The number of carbonyl (C=O) groups excluding carboxylic acids is 1. The molecule has 0 radical (unpaired) electrons. The number of hydrogen-bond acceptors (Lipinski definition) is 3. The molecule has 0 atom stereocenters. The molecule has 0 saturated heterocycles. The van der Waals surface area contributed by atoms with Crippen LogP contribution in [-0.2, 0) is 14.8 Å². The monoisotopic (exact) mass is 378 g/mol. The van der Waals surface area contributed by atoms with E-state index in [1.807, 2.05) is 37.3 Å². The SMILES string of the molecule is Cc1ccc(NC(=O)CN2c3ccccc3-c3ccccc3S2(=O)=O)cc1. The first-order chi connectivity index (χ1) is 13.0. The molecule has 5 nitrogen and oxygen atoms in total. The Morgan fingerprint density at radius 2 is 1.52 bits per heavy atom. The van der Waals surface area contributed by atoms with Crippen molar-refractivity contribution < 1.29 is 13.2 Å². The van der Waals surface area contributed by atoms with E-state index in [9.17, 15) is 13.2 Å². The molecule has 3 aromatic carbocycles. The average Bonchev–Trinajstić information content (AvgIpc) is 2.67. The molecule has 0 aromatic heterocycles. The molecule has 0 bridgehead atoms. The summed E-state index contributed by atoms with van der Waals surface area (Å²) >= 11 is 0. The number of nitrogens with one attached hydrogen (secondary N) is 1. The van der Waals surface area contributed by atoms with Crippen LogP contribution >= 0.6 is 0 Å². The van der Waals surface area contributed by atoms with E-state index in [1.165, 1.54) is 4.31 Å². The van der Waals surface area contributed by atoms with Crippen molar-refractivity contribution in [2.45, 2.75) is 11.8 Å². The first-order valence-electron chi connectivity index (χ1n) is 8.54. The fourth-order valence-corrected chi connectivity index (χ4v) is 4.87. The molecule has 136 valence electrons. The molecule has 0 unspecified atom stereocenters. The number of carbonyl (C=O) groups is 1. The number of rotatable bonds is 3. The summed E-state index contributed by atoms with van der Waals surface area (Å²) in [5.74, 6) is -0.392. The van der Waals surface area contributed by atoms with Crippen molar-refractivity contribution >= 4 is 27.3 Å². The highest BCUT2D eigenvalue weighted by atomic mass is 32.2. The smallest absolute Gasteiger partial charge is 0.265 e. The van der Waals surface area contributed by atoms with E-state index in [-0.39, 0.29) is 11.4 Å². The topological polar surface area (TPSA) is 66.5 Å². The van der Waals surface area contributed by atoms with Crippen molar-refractivity contribution in [1.29, 1.82) is 0 Å². The third-order valence-electron chi connectivity index (χ3n) is 4.54. The molecule has 6 heteroatoms. The highest BCUT2D eigenvalue weighted by Crippen LogP contribution is 2.42. The normalized spacial score (nSPS) is 14.2. The van der Waals surface area contributed by atoms with Gasteiger partial charge in [0, 0.05) is 16.8 Å². The van der Waals surface area contributed by atoms with Crippen LogP contribution < -0.4 is 9.62 Å². The zero-order valence-electron chi connectivity index (χ0n) is 14.7. The maximum atomic E-state index is 13.1. The van der Waals surface area contributed by atoms with Crippen LogP contribution in [0.25, 0.3) is 11.1 Å². The fourth-order valence-electron chi connectivity index (χ4n) is 3.22. The van der Waals surface area contributed by atoms with Crippen molar-refractivity contribution in [3.8, 4) is 11.1 Å². The maximum Gasteiger partial charge on any atom is 0.265 e. The van der Waals surface area contributed by atoms with Crippen LogP contribution in [-0.4, -0.2) is 20.9 Å². The lowest BCUT2D eigenvalue weighted by Gasteiger charge is -2.31. The van der Waals surface area contributed by atoms with Gasteiger partial charge in [0.1, 0.15) is 6.54 Å². The van der Waals surface area contributed by atoms with Gasteiger partial charge in [-0.25, -0.2) is 8.42 Å². The number of amides is 1. The van der Waals surface area contributed by atoms with Gasteiger partial charge in [-0.15, -0.1) is 0 Å². The third kappa shape index (κ3) is 3.08. The quantitative estimate of drug-likeness (QED) is 0.754. The Kier molecular flexibility index (Phi) is 4.20. The lowest BCUT2D eigenvalue weighted by molar-refractivity contribution is -0.114. The van der Waals surface area contributed by atoms with Crippen LogP contribution in [0.3, 0.4) is 0 Å². The number of para-hydroxylation sites is 1. The van der Waals surface area contributed by atoms with Crippen molar-refractivity contribution in [2.75, 3.05) is 16.2 Å². The van der Waals surface area contributed by atoms with Crippen molar-refractivity contribution in [3.05, 3.63) is 78.4 Å². The number of fused-ring (bicyclic) bond motifs is 3. The predicted octanol–water partition coefficient (Wildman–Crippen LogP) is 3.81. The van der Waals surface area contributed by atoms with Gasteiger partial charge < -0.3 is 5.32 Å². The summed E-state index contributed by atoms with van der Waals surface area (Å²) < 4.78 is 27.5. The minimum atomic E-state index is -3.82. The predicted molar refractivity (Wildman–Crippen MR) is 106 cm³/mol. The molecular weight excluding hydrogens is 360 g/mol. The molecule has 3 aromatic rings. The van der Waals surface area contributed by atoms with Crippen LogP contribution in [0.1, 0.15) is 5.56 Å². The second-order valence-electron chi connectivity index (χ2n) is 6.44. The summed E-state index contributed by atoms with van der Waals surface area (Å²) in [4.78, 5) is 12.8. The van der Waals surface area contributed by atoms with Gasteiger partial charge in [0.05, 0.1) is 10.6 Å². The van der Waals surface area contributed by atoms with Gasteiger partial charge in [-0.2, -0.15) is 0 Å². The van der Waals surface area contributed by atoms with Crippen LogP contribution in [0, 0.1) is 6.92 Å². The van der Waals surface area contributed by atoms with E-state index in [2.05, 4.69) is 5.32 Å². The van der Waals surface area contributed by atoms with E-state index < -0.39 is 15.9 Å². The summed E-state index contributed by atoms with van der Waals surface area (Å²) in [6, 6.07) is 21.4. The Bertz CT molecular complexity index is 1120. The Balaban J connectivity index is 1.70. The fraction of sp³-hybridized carbons (Fsp3) is 0.0952. The van der Waals surface area contributed by atoms with Gasteiger partial charge in [-0.3, -0.25) is 9.10 Å². The molecule has 1 amide bonds. The Hall–Kier alpha value is -3.12. The Labute approximate surface area is 158 Å². The van der Waals surface area contributed by atoms with E-state index in [0.717, 1.165) is 11.1 Å². The molecule has 1 heterocycles. The number of aryl methyl sites for hydroxylation is 1. The van der Waals surface area contributed by atoms with Gasteiger partial charge in [-0.1, -0.05) is 54.1 Å². The first-order valence-corrected chi connectivity index (χ1v) is 9.98. The molecule has 0 fully saturated rings. The highest BCUT2D eigenvalue weighted by molar-refractivity contribution is 7.93. The van der Waals surface area contributed by atoms with Gasteiger partial charge in [-0.05, 0) is 31.2 Å². The van der Waals surface area contributed by atoms with E-state index >= 15 is 0 Å². The lowest BCUT2D eigenvalue weighted by Crippen LogP contribution is -2.40. The van der Waals surface area contributed by atoms with E-state index in [4.69, 9.17) is 0 Å². The highest BCUT2D eigenvalue weighted by Gasteiger charge is 2.35. The van der Waals surface area contributed by atoms with Crippen molar-refractivity contribution in [1.82, 2.24) is 0 Å². The molecule has 1 aliphatic rings. The number of benzene rings is 3. The van der Waals surface area contributed by atoms with Gasteiger partial charge in [0.15, 0.2) is 0 Å². The molecule has 0 spiro atoms. The zero-order valence-corrected chi connectivity index (χ0v) is 15.5. The first kappa shape index (κ1) is 17.3. The molecule has 1 N–H and O–H groups in total. The number of anilines is 2. The van der Waals surface area contributed by atoms with Crippen molar-refractivity contribution in [3.63, 3.8) is 0 Å². The molecular formula is C21H18N2O3S. The zero-order chi connectivity index (χ0) is 19.0. The summed E-state index contributed by atoms with van der Waals surface area (Å²) in [6.45, 7) is 1.67. The molecule has 0 aliphatic carbocycles. The van der Waals surface area contributed by atoms with Crippen LogP contribution in [0.4, 0.5) is 11.4 Å². The maximum absolute atomic E-state index is 13.1. The summed E-state index contributed by atoms with van der Waals surface area (Å²) in [7, 11) is -3.82. The van der Waals surface area contributed by atoms with Crippen LogP contribution in [0.5, 0.6) is 0 Å². The third-order valence-corrected chi connectivity index (χ3v) is 6.36. The molecule has 0 saturated carbocycles. The second kappa shape index (κ2) is 6.55. The van der Waals surface area contributed by atoms with E-state index in [0.29, 0.717) is 16.9 Å². The van der Waals surface area contributed by atoms with Gasteiger partial charge in [0.25, 0.3) is 10.0 Å². The van der Waals surface area contributed by atoms with E-state index in [1.54, 1.807) is 42.5 Å². The standard InChI is InChI=1S/C21H18N2O3S/c1-15-10-12-16(13-11-15)22-21(24)14-23-19-8-4-2-6-17(19)18-7-3-5-9-20(18)27(23,25)26/h2-13H,14H2,1H3,(H,22,24). The van der Waals surface area contributed by atoms with Gasteiger partial charge in [0.2, 0.25) is 5.91 Å². The number of nitrogens with zero attached hydrogens (tertiary/aromatic N) is 1. The van der Waals surface area contributed by atoms with Crippen LogP contribution in [0.2, 0.25) is 0 Å². The number of sulfonamides is 1. The van der Waals surface area contributed by atoms with Crippen molar-refractivity contribution in [2.24, 2.45) is 0 Å². The van der Waals surface area contributed by atoms with Crippen LogP contribution in [0.15, 0.2) is 77.7 Å². The molecule has 1 aliphatic heterocycles. The minimum Gasteiger partial charge on any atom is -0.325 e. The summed E-state index contributed by atoms with van der Waals surface area (Å²) in [5, 5.41) is 2.76.